The predicted molar refractivity (Wildman–Crippen MR) is 115 cm³/mol. The molecule has 2 aliphatic heterocycles. The number of nitrogens with one attached hydrogen (secondary N) is 1. The van der Waals surface area contributed by atoms with Gasteiger partial charge >= 0.3 is 0 Å². The van der Waals surface area contributed by atoms with Gasteiger partial charge in [-0.2, -0.15) is 0 Å². The third-order valence-electron chi connectivity index (χ3n) is 6.30. The van der Waals surface area contributed by atoms with Crippen LogP contribution in [0, 0.1) is 0 Å². The molecular formula is C24H30N2O5. The van der Waals surface area contributed by atoms with Gasteiger partial charge in [-0.05, 0) is 49.2 Å². The van der Waals surface area contributed by atoms with E-state index in [9.17, 15) is 9.59 Å². The highest BCUT2D eigenvalue weighted by molar-refractivity contribution is 5.80. The molecule has 2 aromatic rings. The fourth-order valence-corrected chi connectivity index (χ4v) is 4.50. The Morgan fingerprint density at radius 1 is 1.19 bits per heavy atom. The Kier molecular flexibility index (Phi) is 6.49. The van der Waals surface area contributed by atoms with E-state index in [4.69, 9.17) is 13.9 Å². The third kappa shape index (κ3) is 5.40. The molecule has 2 fully saturated rings. The van der Waals surface area contributed by atoms with E-state index in [1.54, 1.807) is 13.4 Å². The predicted octanol–water partition coefficient (Wildman–Crippen LogP) is 3.33. The molecule has 4 rings (SSSR count). The second kappa shape index (κ2) is 9.45. The standard InChI is InChI=1S/C24H30N2O5/c1-29-18-4-6-19(7-5-18)31-20-10-14-26(15-11-20)23(28)9-13-24(12-8-22(27)25-24)17-21-3-2-16-30-21/h2-7,16,20H,8-15,17H2,1H3,(H,25,27). The molecule has 3 heterocycles. The van der Waals surface area contributed by atoms with Crippen LogP contribution in [0.2, 0.25) is 0 Å². The first-order valence-electron chi connectivity index (χ1n) is 11.0. The number of hydrogen-bond donors (Lipinski definition) is 1. The first kappa shape index (κ1) is 21.3. The van der Waals surface area contributed by atoms with Crippen molar-refractivity contribution in [1.82, 2.24) is 10.2 Å². The van der Waals surface area contributed by atoms with Crippen LogP contribution < -0.4 is 14.8 Å². The van der Waals surface area contributed by atoms with Gasteiger partial charge in [-0.25, -0.2) is 0 Å². The molecule has 1 atom stereocenters. The monoisotopic (exact) mass is 426 g/mol. The number of rotatable bonds is 8. The topological polar surface area (TPSA) is 81.0 Å². The Morgan fingerprint density at radius 2 is 1.94 bits per heavy atom. The summed E-state index contributed by atoms with van der Waals surface area (Å²) < 4.78 is 16.7. The summed E-state index contributed by atoms with van der Waals surface area (Å²) in [5.74, 6) is 2.66. The zero-order chi connectivity index (χ0) is 21.7. The number of benzene rings is 1. The summed E-state index contributed by atoms with van der Waals surface area (Å²) in [6.45, 7) is 1.38. The van der Waals surface area contributed by atoms with E-state index in [-0.39, 0.29) is 23.5 Å². The van der Waals surface area contributed by atoms with Crippen LogP contribution in [0.3, 0.4) is 0 Å². The Bertz CT molecular complexity index is 872. The number of ether oxygens (including phenoxy) is 2. The van der Waals surface area contributed by atoms with Crippen LogP contribution in [0.4, 0.5) is 0 Å². The number of carbonyl (C=O) groups is 2. The number of carbonyl (C=O) groups excluding carboxylic acids is 2. The molecular weight excluding hydrogens is 396 g/mol. The maximum atomic E-state index is 12.9. The molecule has 0 spiro atoms. The maximum absolute atomic E-state index is 12.9. The van der Waals surface area contributed by atoms with Crippen LogP contribution in [0.1, 0.15) is 44.3 Å². The SMILES string of the molecule is COc1ccc(OC2CCN(C(=O)CCC3(Cc4ccco4)CCC(=O)N3)CC2)cc1. The van der Waals surface area contributed by atoms with Gasteiger partial charge in [-0.3, -0.25) is 9.59 Å². The lowest BCUT2D eigenvalue weighted by atomic mass is 9.86. The highest BCUT2D eigenvalue weighted by Crippen LogP contribution is 2.30. The molecule has 1 aromatic heterocycles. The van der Waals surface area contributed by atoms with Crippen molar-refractivity contribution in [3.8, 4) is 11.5 Å². The van der Waals surface area contributed by atoms with Crippen molar-refractivity contribution >= 4 is 11.8 Å². The third-order valence-corrected chi connectivity index (χ3v) is 6.30. The molecule has 0 aliphatic carbocycles. The van der Waals surface area contributed by atoms with Crippen LogP contribution >= 0.6 is 0 Å². The van der Waals surface area contributed by atoms with Crippen LogP contribution in [-0.2, 0) is 16.0 Å². The molecule has 1 N–H and O–H groups in total. The van der Waals surface area contributed by atoms with Gasteiger partial charge < -0.3 is 24.1 Å². The maximum Gasteiger partial charge on any atom is 0.222 e. The van der Waals surface area contributed by atoms with Gasteiger partial charge in [-0.1, -0.05) is 0 Å². The highest BCUT2D eigenvalue weighted by atomic mass is 16.5. The Hall–Kier alpha value is -2.96. The summed E-state index contributed by atoms with van der Waals surface area (Å²) in [6.07, 6.45) is 6.28. The van der Waals surface area contributed by atoms with E-state index in [1.807, 2.05) is 41.3 Å². The number of furan rings is 1. The van der Waals surface area contributed by atoms with E-state index in [1.165, 1.54) is 0 Å². The van der Waals surface area contributed by atoms with Gasteiger partial charge in [0, 0.05) is 50.7 Å². The van der Waals surface area contributed by atoms with Crippen molar-refractivity contribution in [2.45, 2.75) is 56.6 Å². The van der Waals surface area contributed by atoms with Crippen LogP contribution in [-0.4, -0.2) is 48.6 Å². The summed E-state index contributed by atoms with van der Waals surface area (Å²) in [5, 5.41) is 3.11. The molecule has 0 bridgehead atoms. The van der Waals surface area contributed by atoms with Crippen LogP contribution in [0.5, 0.6) is 11.5 Å². The van der Waals surface area contributed by atoms with Crippen molar-refractivity contribution in [3.63, 3.8) is 0 Å². The largest absolute Gasteiger partial charge is 0.497 e. The average Bonchev–Trinajstić information content (AvgIpc) is 3.43. The van der Waals surface area contributed by atoms with E-state index < -0.39 is 0 Å². The number of amides is 2. The summed E-state index contributed by atoms with van der Waals surface area (Å²) in [5.41, 5.74) is -0.388. The van der Waals surface area contributed by atoms with Gasteiger partial charge in [-0.15, -0.1) is 0 Å². The zero-order valence-corrected chi connectivity index (χ0v) is 18.0. The molecule has 166 valence electrons. The van der Waals surface area contributed by atoms with Gasteiger partial charge in [0.15, 0.2) is 0 Å². The van der Waals surface area contributed by atoms with Gasteiger partial charge in [0.2, 0.25) is 11.8 Å². The van der Waals surface area contributed by atoms with Gasteiger partial charge in [0.1, 0.15) is 23.4 Å². The van der Waals surface area contributed by atoms with E-state index in [0.29, 0.717) is 38.8 Å². The number of methoxy groups -OCH3 is 1. The van der Waals surface area contributed by atoms with Gasteiger partial charge in [0.05, 0.1) is 13.4 Å². The zero-order valence-electron chi connectivity index (χ0n) is 18.0. The van der Waals surface area contributed by atoms with Crippen LogP contribution in [0.25, 0.3) is 0 Å². The summed E-state index contributed by atoms with van der Waals surface area (Å²) >= 11 is 0. The van der Waals surface area contributed by atoms with Crippen molar-refractivity contribution in [3.05, 3.63) is 48.4 Å². The number of piperidine rings is 1. The Labute approximate surface area is 182 Å². The normalized spacial score (nSPS) is 21.7. The summed E-state index contributed by atoms with van der Waals surface area (Å²) in [6, 6.07) is 11.4. The lowest BCUT2D eigenvalue weighted by Crippen LogP contribution is -2.46. The molecule has 2 saturated heterocycles. The fourth-order valence-electron chi connectivity index (χ4n) is 4.50. The number of nitrogens with zero attached hydrogens (tertiary/aromatic N) is 1. The molecule has 2 amide bonds. The van der Waals surface area contributed by atoms with E-state index in [0.717, 1.165) is 36.5 Å². The fraction of sp³-hybridized carbons (Fsp3) is 0.500. The molecule has 7 heteroatoms. The van der Waals surface area contributed by atoms with Crippen LogP contribution in [0.15, 0.2) is 47.1 Å². The minimum absolute atomic E-state index is 0.0514. The van der Waals surface area contributed by atoms with E-state index in [2.05, 4.69) is 5.32 Å². The highest BCUT2D eigenvalue weighted by Gasteiger charge is 2.39. The Morgan fingerprint density at radius 3 is 2.55 bits per heavy atom. The molecule has 31 heavy (non-hydrogen) atoms. The number of likely N-dealkylation sites (tertiary alicyclic amines) is 1. The second-order valence-corrected chi connectivity index (χ2v) is 8.46. The minimum atomic E-state index is -0.388. The average molecular weight is 427 g/mol. The summed E-state index contributed by atoms with van der Waals surface area (Å²) in [4.78, 5) is 26.7. The Balaban J connectivity index is 1.25. The van der Waals surface area contributed by atoms with Gasteiger partial charge in [0.25, 0.3) is 0 Å². The van der Waals surface area contributed by atoms with Crippen molar-refractivity contribution < 1.29 is 23.5 Å². The molecule has 1 unspecified atom stereocenters. The van der Waals surface area contributed by atoms with E-state index >= 15 is 0 Å². The first-order valence-corrected chi connectivity index (χ1v) is 11.0. The summed E-state index contributed by atoms with van der Waals surface area (Å²) in [7, 11) is 1.64. The van der Waals surface area contributed by atoms with Crippen molar-refractivity contribution in [2.75, 3.05) is 20.2 Å². The lowest BCUT2D eigenvalue weighted by Gasteiger charge is -2.34. The lowest BCUT2D eigenvalue weighted by molar-refractivity contribution is -0.133. The molecule has 0 radical (unpaired) electrons. The minimum Gasteiger partial charge on any atom is -0.497 e. The molecule has 0 saturated carbocycles. The number of hydrogen-bond acceptors (Lipinski definition) is 5. The first-order chi connectivity index (χ1) is 15.0. The second-order valence-electron chi connectivity index (χ2n) is 8.46. The smallest absolute Gasteiger partial charge is 0.222 e. The molecule has 7 nitrogen and oxygen atoms in total. The molecule has 2 aliphatic rings. The van der Waals surface area contributed by atoms with Crippen molar-refractivity contribution in [2.24, 2.45) is 0 Å². The quantitative estimate of drug-likeness (QED) is 0.700. The molecule has 1 aromatic carbocycles. The van der Waals surface area contributed by atoms with Crippen molar-refractivity contribution in [1.29, 1.82) is 0 Å².